The van der Waals surface area contributed by atoms with Gasteiger partial charge in [-0.15, -0.1) is 0 Å². The van der Waals surface area contributed by atoms with E-state index in [1.54, 1.807) is 55.4 Å². The summed E-state index contributed by atoms with van der Waals surface area (Å²) in [4.78, 5) is 0. The Labute approximate surface area is 207 Å². The molecule has 0 radical (unpaired) electrons. The number of hydrogen-bond donors (Lipinski definition) is 1. The number of benzene rings is 1. The molecule has 0 saturated heterocycles. The molecule has 0 aromatic heterocycles. The fourth-order valence-corrected chi connectivity index (χ4v) is 9.58. The average molecular weight is 521 g/mol. The van der Waals surface area contributed by atoms with Crippen molar-refractivity contribution in [2.24, 2.45) is 0 Å². The summed E-state index contributed by atoms with van der Waals surface area (Å²) < 4.78 is 52.3. The normalized spacial score (nSPS) is 13.8. The molecule has 0 amide bonds. The molecule has 7 nitrogen and oxygen atoms in total. The fraction of sp³-hybridized carbons (Fsp3) is 0.760. The largest absolute Gasteiger partial charge is 0.507 e. The molecule has 0 aliphatic heterocycles. The van der Waals surface area contributed by atoms with E-state index in [4.69, 9.17) is 18.1 Å². The van der Waals surface area contributed by atoms with E-state index in [0.29, 0.717) is 5.56 Å². The molecule has 0 unspecified atom stereocenters. The molecule has 0 atom stereocenters. The molecule has 0 aliphatic rings. The van der Waals surface area contributed by atoms with Gasteiger partial charge in [0.2, 0.25) is 0 Å². The Balaban J connectivity index is 3.82. The van der Waals surface area contributed by atoms with Gasteiger partial charge in [-0.05, 0) is 90.8 Å². The lowest BCUT2D eigenvalue weighted by atomic mass is 9.84. The van der Waals surface area contributed by atoms with Crippen molar-refractivity contribution in [2.45, 2.75) is 125 Å². The number of aryl methyl sites for hydroxylation is 1. The maximum absolute atomic E-state index is 14.4. The molecule has 0 saturated carbocycles. The Bertz CT molecular complexity index is 835. The van der Waals surface area contributed by atoms with Crippen molar-refractivity contribution in [1.82, 2.24) is 0 Å². The van der Waals surface area contributed by atoms with Gasteiger partial charge in [0.25, 0.3) is 0 Å². The molecule has 0 bridgehead atoms. The van der Waals surface area contributed by atoms with Gasteiger partial charge in [0.15, 0.2) is 5.40 Å². The van der Waals surface area contributed by atoms with Gasteiger partial charge in [-0.2, -0.15) is 0 Å². The summed E-state index contributed by atoms with van der Waals surface area (Å²) in [5, 5.41) is 9.49. The average Bonchev–Trinajstić information content (AvgIpc) is 2.58. The van der Waals surface area contributed by atoms with Gasteiger partial charge in [-0.25, -0.2) is 0 Å². The highest BCUT2D eigenvalue weighted by Crippen LogP contribution is 2.72. The van der Waals surface area contributed by atoms with Crippen LogP contribution in [-0.2, 0) is 39.1 Å². The molecule has 198 valence electrons. The van der Waals surface area contributed by atoms with Crippen LogP contribution in [0.3, 0.4) is 0 Å². The van der Waals surface area contributed by atoms with Gasteiger partial charge < -0.3 is 23.2 Å². The first kappa shape index (κ1) is 31.4. The van der Waals surface area contributed by atoms with E-state index in [2.05, 4.69) is 0 Å². The van der Waals surface area contributed by atoms with Crippen molar-refractivity contribution in [3.05, 3.63) is 28.8 Å². The minimum atomic E-state index is -4.00. The van der Waals surface area contributed by atoms with E-state index in [-0.39, 0.29) is 17.6 Å². The van der Waals surface area contributed by atoms with Gasteiger partial charge in [-0.1, -0.05) is 32.9 Å². The Kier molecular flexibility index (Phi) is 11.1. The van der Waals surface area contributed by atoms with Crippen LogP contribution in [0.5, 0.6) is 5.75 Å². The Hall–Kier alpha value is -0.680. The van der Waals surface area contributed by atoms with Crippen LogP contribution in [0, 0.1) is 6.92 Å². The van der Waals surface area contributed by atoms with Crippen LogP contribution in [0.2, 0.25) is 0 Å². The van der Waals surface area contributed by atoms with Crippen molar-refractivity contribution < 1.29 is 32.3 Å². The van der Waals surface area contributed by atoms with Gasteiger partial charge in [-0.3, -0.25) is 9.13 Å². The molecule has 0 heterocycles. The first-order valence-corrected chi connectivity index (χ1v) is 15.3. The summed E-state index contributed by atoms with van der Waals surface area (Å²) in [6.07, 6.45) is -1.69. The van der Waals surface area contributed by atoms with E-state index in [9.17, 15) is 14.2 Å². The monoisotopic (exact) mass is 520 g/mol. The van der Waals surface area contributed by atoms with Crippen molar-refractivity contribution in [3.63, 3.8) is 0 Å². The number of hydrogen-bond acceptors (Lipinski definition) is 7. The predicted molar refractivity (Wildman–Crippen MR) is 139 cm³/mol. The first-order valence-electron chi connectivity index (χ1n) is 12.1. The second-order valence-corrected chi connectivity index (χ2v) is 15.6. The van der Waals surface area contributed by atoms with Crippen molar-refractivity contribution in [1.29, 1.82) is 0 Å². The maximum Gasteiger partial charge on any atom is 0.346 e. The molecule has 0 aliphatic carbocycles. The van der Waals surface area contributed by atoms with Gasteiger partial charge in [0.1, 0.15) is 5.75 Å². The van der Waals surface area contributed by atoms with Gasteiger partial charge in [0, 0.05) is 0 Å². The van der Waals surface area contributed by atoms with Crippen molar-refractivity contribution in [3.8, 4) is 5.75 Å². The molecule has 1 rings (SSSR count). The van der Waals surface area contributed by atoms with Crippen LogP contribution in [0.1, 0.15) is 92.9 Å². The van der Waals surface area contributed by atoms with Crippen molar-refractivity contribution in [2.75, 3.05) is 0 Å². The smallest absolute Gasteiger partial charge is 0.346 e. The van der Waals surface area contributed by atoms with E-state index < -0.39 is 45.0 Å². The Morgan fingerprint density at radius 3 is 1.41 bits per heavy atom. The third-order valence-electron chi connectivity index (χ3n) is 4.75. The number of rotatable bonds is 12. The van der Waals surface area contributed by atoms with Crippen molar-refractivity contribution >= 4 is 15.2 Å². The summed E-state index contributed by atoms with van der Waals surface area (Å²) in [6, 6.07) is 3.67. The summed E-state index contributed by atoms with van der Waals surface area (Å²) in [7, 11) is -8.00. The highest BCUT2D eigenvalue weighted by molar-refractivity contribution is 7.72. The topological polar surface area (TPSA) is 91.3 Å². The first-order chi connectivity index (χ1) is 15.3. The van der Waals surface area contributed by atoms with E-state index in [1.807, 2.05) is 39.8 Å². The Morgan fingerprint density at radius 1 is 0.765 bits per heavy atom. The van der Waals surface area contributed by atoms with Gasteiger partial charge >= 0.3 is 15.2 Å². The molecular weight excluding hydrogens is 474 g/mol. The second-order valence-electron chi connectivity index (χ2n) is 10.9. The SMILES string of the molecule is Cc1cc(CC(P(=O)(OC(C)C)OC(C)C)P(=O)(OC(C)C)OC(C)C)cc(C(C)(C)C)c1O. The molecule has 34 heavy (non-hydrogen) atoms. The zero-order valence-corrected chi connectivity index (χ0v) is 24.8. The van der Waals surface area contributed by atoms with E-state index >= 15 is 0 Å². The maximum atomic E-state index is 14.4. The predicted octanol–water partition coefficient (Wildman–Crippen LogP) is 7.95. The summed E-state index contributed by atoms with van der Waals surface area (Å²) >= 11 is 0. The van der Waals surface area contributed by atoms with Gasteiger partial charge in [0.05, 0.1) is 24.4 Å². The molecule has 1 aromatic rings. The molecule has 1 N–H and O–H groups in total. The number of aromatic hydroxyl groups is 1. The highest BCUT2D eigenvalue weighted by Gasteiger charge is 2.53. The van der Waals surface area contributed by atoms with Crippen LogP contribution in [0.15, 0.2) is 12.1 Å². The molecule has 1 aromatic carbocycles. The molecular formula is C25H46O7P2. The quantitative estimate of drug-likeness (QED) is 0.280. The number of phenols is 1. The Morgan fingerprint density at radius 2 is 1.12 bits per heavy atom. The summed E-state index contributed by atoms with van der Waals surface area (Å²) in [5.74, 6) is 0.216. The third kappa shape index (κ3) is 8.76. The zero-order valence-electron chi connectivity index (χ0n) is 23.0. The lowest BCUT2D eigenvalue weighted by molar-refractivity contribution is 0.122. The lowest BCUT2D eigenvalue weighted by Crippen LogP contribution is -2.25. The van der Waals surface area contributed by atoms with E-state index in [1.165, 1.54) is 0 Å². The van der Waals surface area contributed by atoms with Crippen LogP contribution in [-0.4, -0.2) is 34.9 Å². The van der Waals surface area contributed by atoms with Crippen LogP contribution in [0.4, 0.5) is 0 Å². The minimum Gasteiger partial charge on any atom is -0.507 e. The van der Waals surface area contributed by atoms with E-state index in [0.717, 1.165) is 11.1 Å². The highest BCUT2D eigenvalue weighted by atomic mass is 31.2. The zero-order chi connectivity index (χ0) is 26.6. The van der Waals surface area contributed by atoms with Crippen LogP contribution >= 0.6 is 15.2 Å². The molecule has 0 spiro atoms. The lowest BCUT2D eigenvalue weighted by Gasteiger charge is -2.35. The van der Waals surface area contributed by atoms with Crippen LogP contribution in [0.25, 0.3) is 0 Å². The summed E-state index contributed by atoms with van der Waals surface area (Å²) in [6.45, 7) is 21.9. The second kappa shape index (κ2) is 12.0. The third-order valence-corrected chi connectivity index (χ3v) is 11.1. The standard InChI is InChI=1S/C25H46O7P2/c1-16(2)29-33(27,30-17(3)4)23(34(28,31-18(5)6)32-19(7)8)15-21-13-20(9)24(26)22(14-21)25(10,11)12/h13-14,16-19,23,26H,15H2,1-12H3. The molecule has 0 fully saturated rings. The minimum absolute atomic E-state index is 0.0671. The fourth-order valence-electron chi connectivity index (χ4n) is 3.66. The number of phenolic OH excluding ortho intramolecular Hbond substituents is 1. The summed E-state index contributed by atoms with van der Waals surface area (Å²) in [5.41, 5.74) is 1.83. The molecule has 9 heteroatoms. The van der Waals surface area contributed by atoms with Crippen LogP contribution < -0.4 is 0 Å².